The van der Waals surface area contributed by atoms with Crippen molar-refractivity contribution in [2.45, 2.75) is 24.3 Å². The van der Waals surface area contributed by atoms with Gasteiger partial charge < -0.3 is 0 Å². The van der Waals surface area contributed by atoms with Crippen molar-refractivity contribution in [1.82, 2.24) is 0 Å². The maximum absolute atomic E-state index is 5.48. The van der Waals surface area contributed by atoms with Crippen LogP contribution in [0.5, 0.6) is 0 Å². The van der Waals surface area contributed by atoms with Crippen LogP contribution in [-0.4, -0.2) is 26.5 Å². The Bertz CT molecular complexity index is 269. The molecule has 0 aromatic heterocycles. The van der Waals surface area contributed by atoms with E-state index in [9.17, 15) is 0 Å². The molecule has 0 amide bonds. The summed E-state index contributed by atoms with van der Waals surface area (Å²) in [6.07, 6.45) is 5.37. The molecule has 0 bridgehead atoms. The molecule has 0 nitrogen and oxygen atoms in total. The van der Waals surface area contributed by atoms with E-state index < -0.39 is 0 Å². The van der Waals surface area contributed by atoms with Gasteiger partial charge >= 0.3 is 0 Å². The molecule has 0 saturated heterocycles. The van der Waals surface area contributed by atoms with E-state index in [2.05, 4.69) is 26.4 Å². The maximum atomic E-state index is 5.48. The highest BCUT2D eigenvalue weighted by Crippen LogP contribution is 2.48. The lowest BCUT2D eigenvalue weighted by Gasteiger charge is -2.36. The fourth-order valence-electron chi connectivity index (χ4n) is 1.40. The van der Waals surface area contributed by atoms with Gasteiger partial charge in [-0.2, -0.15) is 0 Å². The zero-order valence-electron chi connectivity index (χ0n) is 9.05. The molecule has 0 aromatic carbocycles. The normalized spacial score (nSPS) is 28.0. The number of thioether (sulfide) groups is 3. The van der Waals surface area contributed by atoms with Gasteiger partial charge in [0, 0.05) is 5.75 Å². The second-order valence-corrected chi connectivity index (χ2v) is 7.60. The van der Waals surface area contributed by atoms with Crippen molar-refractivity contribution in [3.63, 3.8) is 0 Å². The van der Waals surface area contributed by atoms with Gasteiger partial charge in [-0.25, -0.2) is 0 Å². The zero-order chi connectivity index (χ0) is 10.8. The lowest BCUT2D eigenvalue weighted by atomic mass is 10.1. The second kappa shape index (κ2) is 5.28. The number of hydrogen-bond acceptors (Lipinski definition) is 4. The largest absolute Gasteiger partial charge is 0.141 e. The van der Waals surface area contributed by atoms with Crippen LogP contribution in [0.3, 0.4) is 0 Å². The van der Waals surface area contributed by atoms with Crippen LogP contribution in [0.25, 0.3) is 0 Å². The Labute approximate surface area is 105 Å². The maximum Gasteiger partial charge on any atom is 0.106 e. The molecule has 80 valence electrons. The van der Waals surface area contributed by atoms with Crippen LogP contribution in [0, 0.1) is 0 Å². The van der Waals surface area contributed by atoms with E-state index in [-0.39, 0.29) is 4.08 Å². The molecule has 0 aromatic rings. The van der Waals surface area contributed by atoms with Gasteiger partial charge in [-0.1, -0.05) is 23.4 Å². The molecule has 0 N–H and O–H groups in total. The SMILES string of the molecule is CSC(=S)C1(SC)CC(C)=C(C)CS1. The predicted molar refractivity (Wildman–Crippen MR) is 77.8 cm³/mol. The van der Waals surface area contributed by atoms with E-state index in [0.29, 0.717) is 0 Å². The smallest absolute Gasteiger partial charge is 0.106 e. The molecule has 1 rings (SSSR count). The molecule has 0 radical (unpaired) electrons. The number of rotatable bonds is 2. The highest BCUT2D eigenvalue weighted by molar-refractivity contribution is 8.30. The van der Waals surface area contributed by atoms with Gasteiger partial charge in [0.05, 0.1) is 4.20 Å². The molecule has 0 fully saturated rings. The minimum Gasteiger partial charge on any atom is -0.141 e. The van der Waals surface area contributed by atoms with Crippen LogP contribution in [0.4, 0.5) is 0 Å². The Kier molecular flexibility index (Phi) is 4.88. The summed E-state index contributed by atoms with van der Waals surface area (Å²) in [5, 5.41) is 0. The Morgan fingerprint density at radius 2 is 2.00 bits per heavy atom. The van der Waals surface area contributed by atoms with Crippen LogP contribution < -0.4 is 0 Å². The second-order valence-electron chi connectivity index (χ2n) is 3.47. The summed E-state index contributed by atoms with van der Waals surface area (Å²) in [5.41, 5.74) is 3.05. The Morgan fingerprint density at radius 1 is 1.36 bits per heavy atom. The summed E-state index contributed by atoms with van der Waals surface area (Å²) in [6, 6.07) is 0. The molecule has 0 spiro atoms. The highest BCUT2D eigenvalue weighted by atomic mass is 32.2. The molecule has 0 saturated carbocycles. The molecule has 1 heterocycles. The molecule has 4 heteroatoms. The number of thiocarbonyl (C=S) groups is 1. The van der Waals surface area contributed by atoms with E-state index in [1.54, 1.807) is 11.8 Å². The van der Waals surface area contributed by atoms with Crippen LogP contribution in [0.15, 0.2) is 11.1 Å². The summed E-state index contributed by atoms with van der Waals surface area (Å²) >= 11 is 11.1. The first-order chi connectivity index (χ1) is 6.55. The van der Waals surface area contributed by atoms with E-state index in [1.807, 2.05) is 23.5 Å². The fraction of sp³-hybridized carbons (Fsp3) is 0.700. The average Bonchev–Trinajstić information content (AvgIpc) is 2.21. The predicted octanol–water partition coefficient (Wildman–Crippen LogP) is 4.21. The van der Waals surface area contributed by atoms with Crippen molar-refractivity contribution in [3.8, 4) is 0 Å². The van der Waals surface area contributed by atoms with Gasteiger partial charge in [-0.05, 0) is 32.8 Å². The van der Waals surface area contributed by atoms with Gasteiger partial charge in [-0.15, -0.1) is 35.3 Å². The third-order valence-corrected chi connectivity index (χ3v) is 7.91. The summed E-state index contributed by atoms with van der Waals surface area (Å²) in [4.78, 5) is 0. The van der Waals surface area contributed by atoms with Crippen molar-refractivity contribution in [2.75, 3.05) is 18.3 Å². The van der Waals surface area contributed by atoms with Gasteiger partial charge in [-0.3, -0.25) is 0 Å². The van der Waals surface area contributed by atoms with Crippen molar-refractivity contribution in [3.05, 3.63) is 11.1 Å². The summed E-state index contributed by atoms with van der Waals surface area (Å²) in [6.45, 7) is 4.47. The lowest BCUT2D eigenvalue weighted by Crippen LogP contribution is -2.31. The standard InChI is InChI=1S/C10H16S4/c1-7-5-10(13-4,9(11)12-3)14-6-8(7)2/h5-6H2,1-4H3. The van der Waals surface area contributed by atoms with Crippen molar-refractivity contribution >= 4 is 51.7 Å². The molecular formula is C10H16S4. The van der Waals surface area contributed by atoms with E-state index in [1.165, 1.54) is 11.1 Å². The first-order valence-corrected chi connectivity index (χ1v) is 8.33. The van der Waals surface area contributed by atoms with Crippen LogP contribution in [-0.2, 0) is 0 Å². The van der Waals surface area contributed by atoms with E-state index in [4.69, 9.17) is 12.2 Å². The molecule has 1 aliphatic heterocycles. The third-order valence-electron chi connectivity index (χ3n) is 2.57. The van der Waals surface area contributed by atoms with Crippen LogP contribution >= 0.6 is 47.5 Å². The van der Waals surface area contributed by atoms with Crippen LogP contribution in [0.2, 0.25) is 0 Å². The first kappa shape index (κ1) is 12.9. The lowest BCUT2D eigenvalue weighted by molar-refractivity contribution is 0.952. The van der Waals surface area contributed by atoms with E-state index >= 15 is 0 Å². The quantitative estimate of drug-likeness (QED) is 0.541. The van der Waals surface area contributed by atoms with Gasteiger partial charge in [0.2, 0.25) is 0 Å². The minimum absolute atomic E-state index is 0.151. The zero-order valence-corrected chi connectivity index (χ0v) is 12.3. The monoisotopic (exact) mass is 264 g/mol. The van der Waals surface area contributed by atoms with Gasteiger partial charge in [0.25, 0.3) is 0 Å². The topological polar surface area (TPSA) is 0 Å². The van der Waals surface area contributed by atoms with Crippen LogP contribution in [0.1, 0.15) is 20.3 Å². The molecule has 14 heavy (non-hydrogen) atoms. The Hall–Kier alpha value is 0.880. The first-order valence-electron chi connectivity index (χ1n) is 4.48. The molecule has 1 atom stereocenters. The molecule has 1 aliphatic rings. The molecule has 0 aliphatic carbocycles. The number of hydrogen-bond donors (Lipinski definition) is 0. The number of allylic oxidation sites excluding steroid dienone is 1. The summed E-state index contributed by atoms with van der Waals surface area (Å²) < 4.78 is 1.29. The minimum atomic E-state index is 0.151. The molecule has 1 unspecified atom stereocenters. The Balaban J connectivity index is 2.90. The van der Waals surface area contributed by atoms with Crippen molar-refractivity contribution in [1.29, 1.82) is 0 Å². The highest BCUT2D eigenvalue weighted by Gasteiger charge is 2.37. The molecular weight excluding hydrogens is 248 g/mol. The van der Waals surface area contributed by atoms with Crippen molar-refractivity contribution in [2.24, 2.45) is 0 Å². The average molecular weight is 265 g/mol. The van der Waals surface area contributed by atoms with Gasteiger partial charge in [0.15, 0.2) is 0 Å². The third kappa shape index (κ3) is 2.52. The van der Waals surface area contributed by atoms with E-state index in [0.717, 1.165) is 16.4 Å². The van der Waals surface area contributed by atoms with Gasteiger partial charge in [0.1, 0.15) is 4.08 Å². The fourth-order valence-corrected chi connectivity index (χ4v) is 5.52. The van der Waals surface area contributed by atoms with Crippen molar-refractivity contribution < 1.29 is 0 Å². The Morgan fingerprint density at radius 3 is 2.43 bits per heavy atom. The summed E-state index contributed by atoms with van der Waals surface area (Å²) in [5.74, 6) is 1.13. The summed E-state index contributed by atoms with van der Waals surface area (Å²) in [7, 11) is 0.